The molecule has 1 aliphatic rings. The van der Waals surface area contributed by atoms with E-state index in [1.165, 1.54) is 19.3 Å². The van der Waals surface area contributed by atoms with E-state index in [1.54, 1.807) is 18.6 Å². The molecule has 0 saturated heterocycles. The van der Waals surface area contributed by atoms with Crippen LogP contribution in [-0.2, 0) is 16.1 Å². The molecule has 3 aromatic rings. The monoisotopic (exact) mass is 549 g/mol. The maximum atomic E-state index is 14.5. The number of methoxy groups -OCH3 is 1. The fourth-order valence-electron chi connectivity index (χ4n) is 5.21. The van der Waals surface area contributed by atoms with Crippen molar-refractivity contribution in [2.45, 2.75) is 50.9 Å². The number of hydrogen-bond donors (Lipinski definition) is 4. The zero-order chi connectivity index (χ0) is 28.6. The Morgan fingerprint density at radius 3 is 2.77 bits per heavy atom. The zero-order valence-electron chi connectivity index (χ0n) is 22.5. The Bertz CT molecular complexity index is 1370. The number of rotatable bonds is 11. The number of anilines is 2. The molecule has 1 aromatic carbocycles. The van der Waals surface area contributed by atoms with Gasteiger partial charge in [0.15, 0.2) is 0 Å². The van der Waals surface area contributed by atoms with Crippen molar-refractivity contribution in [2.24, 2.45) is 11.7 Å². The van der Waals surface area contributed by atoms with E-state index >= 15 is 0 Å². The second-order valence-corrected chi connectivity index (χ2v) is 9.94. The first kappa shape index (κ1) is 29.0. The van der Waals surface area contributed by atoms with E-state index in [0.29, 0.717) is 30.2 Å². The van der Waals surface area contributed by atoms with Gasteiger partial charge in [-0.2, -0.15) is 5.26 Å². The fraction of sp³-hybridized carbons (Fsp3) is 0.379. The summed E-state index contributed by atoms with van der Waals surface area (Å²) in [6.45, 7) is 2.57. The van der Waals surface area contributed by atoms with E-state index in [2.05, 4.69) is 33.3 Å². The number of pyridine rings is 1. The lowest BCUT2D eigenvalue weighted by Gasteiger charge is -2.39. The van der Waals surface area contributed by atoms with Gasteiger partial charge in [0.25, 0.3) is 0 Å². The molecular weight excluding hydrogens is 516 g/mol. The summed E-state index contributed by atoms with van der Waals surface area (Å²) in [7, 11) is 1.44. The highest BCUT2D eigenvalue weighted by atomic mass is 19.1. The minimum Gasteiger partial charge on any atom is -0.380 e. The van der Waals surface area contributed by atoms with Gasteiger partial charge in [-0.25, -0.2) is 13.8 Å². The van der Waals surface area contributed by atoms with Crippen molar-refractivity contribution in [3.8, 4) is 6.07 Å². The minimum atomic E-state index is -0.824. The Kier molecular flexibility index (Phi) is 9.71. The van der Waals surface area contributed by atoms with Gasteiger partial charge >= 0.3 is 0 Å². The lowest BCUT2D eigenvalue weighted by molar-refractivity contribution is -0.0198. The lowest BCUT2D eigenvalue weighted by Crippen LogP contribution is -2.46. The molecule has 5 N–H and O–H groups in total. The van der Waals surface area contributed by atoms with Crippen molar-refractivity contribution < 1.29 is 18.3 Å². The van der Waals surface area contributed by atoms with E-state index in [9.17, 15) is 8.78 Å². The number of nitrogens with zero attached hydrogens (tertiary/aromatic N) is 3. The van der Waals surface area contributed by atoms with Gasteiger partial charge in [-0.1, -0.05) is 6.92 Å². The maximum absolute atomic E-state index is 14.5. The zero-order valence-corrected chi connectivity index (χ0v) is 22.5. The van der Waals surface area contributed by atoms with Crippen LogP contribution in [0.4, 0.5) is 20.4 Å². The molecule has 0 aliphatic heterocycles. The highest BCUT2D eigenvalue weighted by Gasteiger charge is 2.35. The normalized spacial score (nSPS) is 20.9. The topological polar surface area (TPSA) is 146 Å². The fourth-order valence-corrected chi connectivity index (χ4v) is 5.21. The number of allylic oxidation sites excluding steroid dienone is 1. The smallest absolute Gasteiger partial charge is 0.205 e. The van der Waals surface area contributed by atoms with E-state index in [1.807, 2.05) is 6.07 Å². The predicted molar refractivity (Wildman–Crippen MR) is 148 cm³/mol. The summed E-state index contributed by atoms with van der Waals surface area (Å²) >= 11 is 0. The number of nitriles is 1. The summed E-state index contributed by atoms with van der Waals surface area (Å²) in [6, 6.07) is 6.23. The highest BCUT2D eigenvalue weighted by molar-refractivity contribution is 6.09. The Morgan fingerprint density at radius 2 is 2.08 bits per heavy atom. The highest BCUT2D eigenvalue weighted by Crippen LogP contribution is 2.40. The third kappa shape index (κ3) is 6.96. The predicted octanol–water partition coefficient (Wildman–Crippen LogP) is 5.19. The maximum Gasteiger partial charge on any atom is 0.205 e. The molecule has 0 unspecified atom stereocenters. The van der Waals surface area contributed by atoms with E-state index < -0.39 is 17.2 Å². The molecule has 4 rings (SSSR count). The summed E-state index contributed by atoms with van der Waals surface area (Å²) in [4.78, 5) is 11.7. The van der Waals surface area contributed by atoms with Crippen LogP contribution in [0.15, 0.2) is 42.9 Å². The summed E-state index contributed by atoms with van der Waals surface area (Å²) < 4.78 is 39.7. The van der Waals surface area contributed by atoms with Gasteiger partial charge in [-0.3, -0.25) is 4.98 Å². The van der Waals surface area contributed by atoms with E-state index in [4.69, 9.17) is 25.9 Å². The second-order valence-electron chi connectivity index (χ2n) is 9.94. The average molecular weight is 550 g/mol. The first-order valence-electron chi connectivity index (χ1n) is 13.0. The van der Waals surface area contributed by atoms with Crippen LogP contribution in [0.5, 0.6) is 0 Å². The average Bonchev–Trinajstić information content (AvgIpc) is 3.36. The largest absolute Gasteiger partial charge is 0.380 e. The molecule has 1 aliphatic carbocycles. The SMILES string of the molecule is COCc1cc(F)c(C(=N)/C=C\c2cnc(Nc3cnccc3[C@H]3C[C@@H](N)[C@@H](OCCC#N)[C@@H](C)C3)[nH]2)c(F)c1. The summed E-state index contributed by atoms with van der Waals surface area (Å²) in [5, 5.41) is 20.2. The lowest BCUT2D eigenvalue weighted by atomic mass is 9.74. The van der Waals surface area contributed by atoms with Crippen LogP contribution in [0.25, 0.3) is 6.08 Å². The molecule has 40 heavy (non-hydrogen) atoms. The van der Waals surface area contributed by atoms with E-state index in [-0.39, 0.29) is 36.3 Å². The minimum absolute atomic E-state index is 0.0741. The molecule has 11 heteroatoms. The molecule has 0 bridgehead atoms. The quantitative estimate of drug-likeness (QED) is 0.190. The van der Waals surface area contributed by atoms with Crippen molar-refractivity contribution in [1.29, 1.82) is 10.7 Å². The molecule has 2 aromatic heterocycles. The summed E-state index contributed by atoms with van der Waals surface area (Å²) in [5.41, 5.74) is 8.51. The number of benzene rings is 1. The Balaban J connectivity index is 1.43. The number of aromatic amines is 1. The van der Waals surface area contributed by atoms with Crippen LogP contribution in [0.2, 0.25) is 0 Å². The molecule has 1 fully saturated rings. The molecular formula is C29H33F2N7O2. The van der Waals surface area contributed by atoms with Gasteiger partial charge < -0.3 is 30.9 Å². The third-order valence-electron chi connectivity index (χ3n) is 6.97. The van der Waals surface area contributed by atoms with Crippen LogP contribution in [-0.4, -0.2) is 46.5 Å². The Labute approximate surface area is 231 Å². The Morgan fingerprint density at radius 1 is 1.30 bits per heavy atom. The van der Waals surface area contributed by atoms with Crippen LogP contribution in [0, 0.1) is 34.3 Å². The van der Waals surface area contributed by atoms with Gasteiger partial charge in [-0.05, 0) is 66.2 Å². The number of ether oxygens (including phenoxy) is 2. The number of nitrogens with two attached hydrogens (primary N) is 1. The van der Waals surface area contributed by atoms with Crippen molar-refractivity contribution in [3.05, 3.63) is 76.9 Å². The van der Waals surface area contributed by atoms with Crippen LogP contribution in [0.3, 0.4) is 0 Å². The molecule has 0 amide bonds. The van der Waals surface area contributed by atoms with E-state index in [0.717, 1.165) is 36.2 Å². The molecule has 1 saturated carbocycles. The first-order chi connectivity index (χ1) is 19.3. The molecule has 0 radical (unpaired) electrons. The van der Waals surface area contributed by atoms with Gasteiger partial charge in [0.1, 0.15) is 11.6 Å². The van der Waals surface area contributed by atoms with Gasteiger partial charge in [-0.15, -0.1) is 0 Å². The standard InChI is InChI=1S/C29H33F2N7O2/c1-17-10-19(13-25(34)28(17)40-9-3-7-32)21-6-8-35-15-26(21)38-29-36-14-20(37-29)4-5-24(33)27-22(30)11-18(16-39-2)12-23(27)31/h4-6,8,11-12,14-15,17,19,25,28,33H,3,9-10,13,16,34H2,1-2H3,(H2,36,37,38)/b5-4-,33-24?/t17-,19+,25+,28-/m0/s1. The van der Waals surface area contributed by atoms with Crippen molar-refractivity contribution >= 4 is 23.4 Å². The number of hydrogen-bond acceptors (Lipinski definition) is 8. The van der Waals surface area contributed by atoms with Crippen molar-refractivity contribution in [1.82, 2.24) is 15.0 Å². The van der Waals surface area contributed by atoms with Gasteiger partial charge in [0.05, 0.1) is 66.9 Å². The van der Waals surface area contributed by atoms with Crippen LogP contribution < -0.4 is 11.1 Å². The van der Waals surface area contributed by atoms with Gasteiger partial charge in [0.2, 0.25) is 5.95 Å². The van der Waals surface area contributed by atoms with Gasteiger partial charge in [0, 0.05) is 19.3 Å². The van der Waals surface area contributed by atoms with Crippen molar-refractivity contribution in [3.63, 3.8) is 0 Å². The van der Waals surface area contributed by atoms with Crippen LogP contribution >= 0.6 is 0 Å². The number of aromatic nitrogens is 3. The second kappa shape index (κ2) is 13.4. The number of H-pyrrole nitrogens is 1. The van der Waals surface area contributed by atoms with Crippen molar-refractivity contribution in [2.75, 3.05) is 19.0 Å². The molecule has 210 valence electrons. The number of halogens is 2. The number of nitrogens with one attached hydrogen (secondary N) is 3. The summed E-state index contributed by atoms with van der Waals surface area (Å²) in [6.07, 6.45) is 9.72. The van der Waals surface area contributed by atoms with Crippen LogP contribution in [0.1, 0.15) is 54.5 Å². The molecule has 9 nitrogen and oxygen atoms in total. The molecule has 0 spiro atoms. The summed E-state index contributed by atoms with van der Waals surface area (Å²) in [5.74, 6) is -0.798. The first-order valence-corrected chi connectivity index (χ1v) is 13.0. The number of imidazole rings is 1. The molecule has 2 heterocycles. The third-order valence-corrected chi connectivity index (χ3v) is 6.97. The Hall–Kier alpha value is -3.98. The molecule has 4 atom stereocenters.